The van der Waals surface area contributed by atoms with Crippen LogP contribution in [0, 0.1) is 0 Å². The molecule has 0 bridgehead atoms. The summed E-state index contributed by atoms with van der Waals surface area (Å²) < 4.78 is 37.6. The third-order valence-electron chi connectivity index (χ3n) is 3.33. The highest BCUT2D eigenvalue weighted by atomic mass is 19.4. The van der Waals surface area contributed by atoms with Crippen LogP contribution in [-0.2, 0) is 11.0 Å². The van der Waals surface area contributed by atoms with Crippen LogP contribution in [0.2, 0.25) is 0 Å². The Labute approximate surface area is 111 Å². The molecule has 1 saturated carbocycles. The number of hydrogen-bond acceptors (Lipinski definition) is 3. The van der Waals surface area contributed by atoms with Gasteiger partial charge < -0.3 is 15.4 Å². The first-order valence-corrected chi connectivity index (χ1v) is 6.06. The number of aromatic nitrogens is 1. The van der Waals surface area contributed by atoms with Crippen LogP contribution in [0.5, 0.6) is 0 Å². The second-order valence-electron chi connectivity index (χ2n) is 4.82. The Morgan fingerprint density at radius 1 is 1.35 bits per heavy atom. The normalized spacial score (nSPS) is 18.0. The van der Waals surface area contributed by atoms with E-state index < -0.39 is 34.5 Å². The number of halogens is 3. The summed E-state index contributed by atoms with van der Waals surface area (Å²) in [6.07, 6.45) is -2.33. The molecule has 1 aliphatic carbocycles. The van der Waals surface area contributed by atoms with Gasteiger partial charge in [0.1, 0.15) is 11.3 Å². The number of anilines is 1. The molecule has 1 heterocycles. The van der Waals surface area contributed by atoms with E-state index in [0.717, 1.165) is 0 Å². The zero-order chi connectivity index (χ0) is 15.0. The number of rotatable bonds is 2. The number of H-pyrrole nitrogens is 1. The number of carbonyl (C=O) groups is 1. The first-order chi connectivity index (χ1) is 9.22. The Balaban J connectivity index is 2.25. The Morgan fingerprint density at radius 3 is 2.50 bits per heavy atom. The molecule has 1 aromatic heterocycles. The summed E-state index contributed by atoms with van der Waals surface area (Å²) in [5.41, 5.74) is -4.07. The van der Waals surface area contributed by atoms with Gasteiger partial charge in [-0.25, -0.2) is 0 Å². The van der Waals surface area contributed by atoms with Gasteiger partial charge >= 0.3 is 6.18 Å². The van der Waals surface area contributed by atoms with E-state index in [2.05, 4.69) is 5.32 Å². The molecule has 1 amide bonds. The summed E-state index contributed by atoms with van der Waals surface area (Å²) in [5, 5.41) is 12.1. The number of aliphatic hydroxyl groups is 1. The lowest BCUT2D eigenvalue weighted by molar-refractivity contribution is -0.138. The highest BCUT2D eigenvalue weighted by Crippen LogP contribution is 2.31. The van der Waals surface area contributed by atoms with Crippen molar-refractivity contribution in [1.82, 2.24) is 4.98 Å². The average molecular weight is 290 g/mol. The molecule has 0 aliphatic heterocycles. The monoisotopic (exact) mass is 290 g/mol. The Hall–Kier alpha value is -1.83. The molecule has 0 saturated heterocycles. The van der Waals surface area contributed by atoms with Crippen LogP contribution >= 0.6 is 0 Å². The second kappa shape index (κ2) is 4.93. The zero-order valence-electron chi connectivity index (χ0n) is 10.4. The maximum absolute atomic E-state index is 12.5. The van der Waals surface area contributed by atoms with Crippen molar-refractivity contribution in [1.29, 1.82) is 0 Å². The number of alkyl halides is 3. The maximum atomic E-state index is 12.5. The minimum atomic E-state index is -4.63. The van der Waals surface area contributed by atoms with E-state index in [1.165, 1.54) is 0 Å². The third-order valence-corrected chi connectivity index (χ3v) is 3.33. The van der Waals surface area contributed by atoms with Gasteiger partial charge in [-0.05, 0) is 31.7 Å². The van der Waals surface area contributed by atoms with Crippen LogP contribution in [-0.4, -0.2) is 21.6 Å². The van der Waals surface area contributed by atoms with Crippen LogP contribution in [0.3, 0.4) is 0 Å². The first-order valence-electron chi connectivity index (χ1n) is 6.06. The van der Waals surface area contributed by atoms with Gasteiger partial charge in [0.2, 0.25) is 0 Å². The molecule has 1 fully saturated rings. The summed E-state index contributed by atoms with van der Waals surface area (Å²) in [5.74, 6) is -0.847. The fraction of sp³-hybridized carbons (Fsp3) is 0.500. The molecule has 0 unspecified atom stereocenters. The van der Waals surface area contributed by atoms with E-state index in [0.29, 0.717) is 25.1 Å². The van der Waals surface area contributed by atoms with Crippen LogP contribution < -0.4 is 10.9 Å². The highest BCUT2D eigenvalue weighted by Gasteiger charge is 2.39. The lowest BCUT2D eigenvalue weighted by Crippen LogP contribution is -2.41. The van der Waals surface area contributed by atoms with Gasteiger partial charge in [-0.1, -0.05) is 0 Å². The SMILES string of the molecule is O=C(Nc1cc(C(F)(F)F)c[nH]c1=O)C1(O)CCCC1. The van der Waals surface area contributed by atoms with E-state index >= 15 is 0 Å². The Kier molecular flexibility index (Phi) is 3.59. The fourth-order valence-electron chi connectivity index (χ4n) is 2.17. The van der Waals surface area contributed by atoms with Crippen LogP contribution in [0.4, 0.5) is 18.9 Å². The molecular weight excluding hydrogens is 277 g/mol. The predicted octanol–water partition coefficient (Wildman–Crippen LogP) is 1.64. The summed E-state index contributed by atoms with van der Waals surface area (Å²) in [7, 11) is 0. The number of hydrogen-bond donors (Lipinski definition) is 3. The molecular formula is C12H13F3N2O3. The summed E-state index contributed by atoms with van der Waals surface area (Å²) in [6, 6.07) is 0.551. The average Bonchev–Trinajstić information content (AvgIpc) is 2.79. The predicted molar refractivity (Wildman–Crippen MR) is 64.1 cm³/mol. The number of aromatic amines is 1. The van der Waals surface area contributed by atoms with Crippen molar-refractivity contribution in [3.05, 3.63) is 28.2 Å². The lowest BCUT2D eigenvalue weighted by atomic mass is 10.0. The van der Waals surface area contributed by atoms with Crippen LogP contribution in [0.25, 0.3) is 0 Å². The molecule has 0 spiro atoms. The summed E-state index contributed by atoms with van der Waals surface area (Å²) >= 11 is 0. The maximum Gasteiger partial charge on any atom is 0.417 e. The van der Waals surface area contributed by atoms with Gasteiger partial charge in [0.15, 0.2) is 0 Å². The van der Waals surface area contributed by atoms with Crippen molar-refractivity contribution in [2.24, 2.45) is 0 Å². The van der Waals surface area contributed by atoms with Crippen molar-refractivity contribution in [3.8, 4) is 0 Å². The quantitative estimate of drug-likeness (QED) is 0.774. The molecule has 1 aliphatic rings. The number of nitrogens with one attached hydrogen (secondary N) is 2. The zero-order valence-corrected chi connectivity index (χ0v) is 10.4. The third kappa shape index (κ3) is 2.84. The minimum Gasteiger partial charge on any atom is -0.380 e. The molecule has 8 heteroatoms. The molecule has 0 radical (unpaired) electrons. The van der Waals surface area contributed by atoms with Crippen molar-refractivity contribution in [2.45, 2.75) is 37.5 Å². The van der Waals surface area contributed by atoms with Gasteiger partial charge in [-0.2, -0.15) is 13.2 Å². The van der Waals surface area contributed by atoms with Gasteiger partial charge in [0, 0.05) is 6.20 Å². The number of carbonyl (C=O) groups excluding carboxylic acids is 1. The van der Waals surface area contributed by atoms with E-state index in [4.69, 9.17) is 0 Å². The number of amides is 1. The molecule has 3 N–H and O–H groups in total. The summed E-state index contributed by atoms with van der Waals surface area (Å²) in [6.45, 7) is 0. The van der Waals surface area contributed by atoms with Crippen molar-refractivity contribution >= 4 is 11.6 Å². The second-order valence-corrected chi connectivity index (χ2v) is 4.82. The molecule has 1 aromatic rings. The van der Waals surface area contributed by atoms with E-state index in [1.807, 2.05) is 4.98 Å². The van der Waals surface area contributed by atoms with E-state index in [-0.39, 0.29) is 12.8 Å². The Morgan fingerprint density at radius 2 is 1.95 bits per heavy atom. The summed E-state index contributed by atoms with van der Waals surface area (Å²) in [4.78, 5) is 25.2. The van der Waals surface area contributed by atoms with Gasteiger partial charge in [0.05, 0.1) is 5.56 Å². The molecule has 2 rings (SSSR count). The van der Waals surface area contributed by atoms with E-state index in [1.54, 1.807) is 0 Å². The van der Waals surface area contributed by atoms with Gasteiger partial charge in [-0.15, -0.1) is 0 Å². The Bertz CT molecular complexity index is 574. The molecule has 5 nitrogen and oxygen atoms in total. The van der Waals surface area contributed by atoms with Crippen molar-refractivity contribution < 1.29 is 23.1 Å². The smallest absolute Gasteiger partial charge is 0.380 e. The van der Waals surface area contributed by atoms with Crippen LogP contribution in [0.1, 0.15) is 31.2 Å². The van der Waals surface area contributed by atoms with Crippen molar-refractivity contribution in [2.75, 3.05) is 5.32 Å². The number of pyridine rings is 1. The van der Waals surface area contributed by atoms with Gasteiger partial charge in [-0.3, -0.25) is 9.59 Å². The highest BCUT2D eigenvalue weighted by molar-refractivity contribution is 5.97. The molecule has 0 aromatic carbocycles. The standard InChI is InChI=1S/C12H13F3N2O3/c13-12(14,15)7-5-8(9(18)16-6-7)17-10(19)11(20)3-1-2-4-11/h5-6,20H,1-4H2,(H,16,18)(H,17,19). The largest absolute Gasteiger partial charge is 0.417 e. The first kappa shape index (κ1) is 14.6. The van der Waals surface area contributed by atoms with Crippen LogP contribution in [0.15, 0.2) is 17.1 Å². The molecule has 110 valence electrons. The topological polar surface area (TPSA) is 82.2 Å². The lowest BCUT2D eigenvalue weighted by Gasteiger charge is -2.20. The molecule has 20 heavy (non-hydrogen) atoms. The fourth-order valence-corrected chi connectivity index (χ4v) is 2.17. The molecule has 0 atom stereocenters. The minimum absolute atomic E-state index is 0.232. The van der Waals surface area contributed by atoms with Gasteiger partial charge in [0.25, 0.3) is 11.5 Å². The van der Waals surface area contributed by atoms with Crippen molar-refractivity contribution in [3.63, 3.8) is 0 Å². The van der Waals surface area contributed by atoms with E-state index in [9.17, 15) is 27.9 Å².